The summed E-state index contributed by atoms with van der Waals surface area (Å²) >= 11 is 0. The Morgan fingerprint density at radius 3 is 2.57 bits per heavy atom. The van der Waals surface area contributed by atoms with Crippen LogP contribution < -0.4 is 10.1 Å². The number of anilines is 1. The molecule has 0 radical (unpaired) electrons. The van der Waals surface area contributed by atoms with E-state index in [2.05, 4.69) is 5.32 Å². The zero-order valence-corrected chi connectivity index (χ0v) is 16.1. The molecule has 28 heavy (non-hydrogen) atoms. The molecule has 146 valence electrons. The Hall–Kier alpha value is -3.25. The van der Waals surface area contributed by atoms with Crippen LogP contribution in [0.3, 0.4) is 0 Å². The standard InChI is InChI=1S/C22H24N2O4/c1-24(14-17-8-10-20(26-2)11-9-17)22(25)23-19-6-3-5-18(13-19)15-27-16-21-7-4-12-28-21/h3-13H,14-16H2,1-2H3,(H,23,25). The first-order chi connectivity index (χ1) is 13.6. The third kappa shape index (κ3) is 5.62. The minimum Gasteiger partial charge on any atom is -0.497 e. The number of rotatable bonds is 8. The number of carbonyl (C=O) groups excluding carboxylic acids is 1. The molecule has 0 aliphatic rings. The van der Waals surface area contributed by atoms with E-state index in [1.807, 2.05) is 60.7 Å². The number of nitrogens with one attached hydrogen (secondary N) is 1. The lowest BCUT2D eigenvalue weighted by Gasteiger charge is -2.18. The summed E-state index contributed by atoms with van der Waals surface area (Å²) in [6, 6.07) is 18.8. The number of hydrogen-bond donors (Lipinski definition) is 1. The number of amides is 2. The molecule has 0 saturated carbocycles. The van der Waals surface area contributed by atoms with Gasteiger partial charge in [-0.05, 0) is 47.5 Å². The fourth-order valence-corrected chi connectivity index (χ4v) is 2.70. The Morgan fingerprint density at radius 2 is 1.86 bits per heavy atom. The van der Waals surface area contributed by atoms with E-state index in [1.54, 1.807) is 25.3 Å². The molecule has 1 heterocycles. The lowest BCUT2D eigenvalue weighted by Crippen LogP contribution is -2.30. The van der Waals surface area contributed by atoms with Crippen molar-refractivity contribution in [1.29, 1.82) is 0 Å². The van der Waals surface area contributed by atoms with Gasteiger partial charge in [0.2, 0.25) is 0 Å². The first-order valence-corrected chi connectivity index (χ1v) is 8.98. The molecule has 2 aromatic carbocycles. The molecule has 2 amide bonds. The van der Waals surface area contributed by atoms with Crippen LogP contribution in [0.1, 0.15) is 16.9 Å². The number of furan rings is 1. The second-order valence-corrected chi connectivity index (χ2v) is 6.41. The summed E-state index contributed by atoms with van der Waals surface area (Å²) in [6.07, 6.45) is 1.62. The molecule has 6 nitrogen and oxygen atoms in total. The monoisotopic (exact) mass is 380 g/mol. The summed E-state index contributed by atoms with van der Waals surface area (Å²) < 4.78 is 16.0. The molecule has 0 atom stereocenters. The van der Waals surface area contributed by atoms with Crippen LogP contribution in [0, 0.1) is 0 Å². The molecule has 0 spiro atoms. The minimum absolute atomic E-state index is 0.176. The second-order valence-electron chi connectivity index (χ2n) is 6.41. The molecule has 0 saturated heterocycles. The van der Waals surface area contributed by atoms with Gasteiger partial charge in [0.15, 0.2) is 0 Å². The molecule has 3 rings (SSSR count). The maximum absolute atomic E-state index is 12.5. The van der Waals surface area contributed by atoms with E-state index in [1.165, 1.54) is 0 Å². The fourth-order valence-electron chi connectivity index (χ4n) is 2.70. The van der Waals surface area contributed by atoms with Crippen molar-refractivity contribution in [2.75, 3.05) is 19.5 Å². The predicted molar refractivity (Wildman–Crippen MR) is 107 cm³/mol. The van der Waals surface area contributed by atoms with Crippen LogP contribution in [-0.2, 0) is 24.5 Å². The number of nitrogens with zero attached hydrogens (tertiary/aromatic N) is 1. The van der Waals surface area contributed by atoms with Gasteiger partial charge in [-0.15, -0.1) is 0 Å². The quantitative estimate of drug-likeness (QED) is 0.617. The number of urea groups is 1. The molecule has 0 aliphatic carbocycles. The lowest BCUT2D eigenvalue weighted by atomic mass is 10.2. The molecule has 3 aromatic rings. The molecule has 0 bridgehead atoms. The van der Waals surface area contributed by atoms with Crippen LogP contribution in [0.4, 0.5) is 10.5 Å². The first-order valence-electron chi connectivity index (χ1n) is 8.98. The number of benzene rings is 2. The summed E-state index contributed by atoms with van der Waals surface area (Å²) in [5.74, 6) is 1.58. The van der Waals surface area contributed by atoms with Gasteiger partial charge in [-0.1, -0.05) is 24.3 Å². The smallest absolute Gasteiger partial charge is 0.321 e. The van der Waals surface area contributed by atoms with Crippen molar-refractivity contribution in [3.8, 4) is 5.75 Å². The van der Waals surface area contributed by atoms with Crippen molar-refractivity contribution in [3.05, 3.63) is 83.8 Å². The fraction of sp³-hybridized carbons (Fsp3) is 0.227. The average Bonchev–Trinajstić information content (AvgIpc) is 3.22. The molecule has 0 aliphatic heterocycles. The van der Waals surface area contributed by atoms with Crippen LogP contribution in [-0.4, -0.2) is 25.1 Å². The van der Waals surface area contributed by atoms with E-state index in [0.717, 1.165) is 28.3 Å². The van der Waals surface area contributed by atoms with Gasteiger partial charge < -0.3 is 24.1 Å². The van der Waals surface area contributed by atoms with E-state index in [-0.39, 0.29) is 6.03 Å². The largest absolute Gasteiger partial charge is 0.497 e. The van der Waals surface area contributed by atoms with Gasteiger partial charge in [0.05, 0.1) is 20.0 Å². The number of hydrogen-bond acceptors (Lipinski definition) is 4. The van der Waals surface area contributed by atoms with E-state index >= 15 is 0 Å². The van der Waals surface area contributed by atoms with Crippen molar-refractivity contribution in [2.24, 2.45) is 0 Å². The second kappa shape index (κ2) is 9.62. The Bertz CT molecular complexity index is 876. The van der Waals surface area contributed by atoms with Crippen molar-refractivity contribution >= 4 is 11.7 Å². The molecule has 0 fully saturated rings. The van der Waals surface area contributed by atoms with Gasteiger partial charge in [-0.25, -0.2) is 4.79 Å². The number of methoxy groups -OCH3 is 1. The number of carbonyl (C=O) groups is 1. The predicted octanol–water partition coefficient (Wildman–Crippen LogP) is 4.67. The van der Waals surface area contributed by atoms with Crippen molar-refractivity contribution in [3.63, 3.8) is 0 Å². The van der Waals surface area contributed by atoms with Crippen LogP contribution in [0.5, 0.6) is 5.75 Å². The van der Waals surface area contributed by atoms with Crippen molar-refractivity contribution in [2.45, 2.75) is 19.8 Å². The third-order valence-electron chi connectivity index (χ3n) is 4.20. The highest BCUT2D eigenvalue weighted by Gasteiger charge is 2.10. The molecule has 1 N–H and O–H groups in total. The van der Waals surface area contributed by atoms with Crippen molar-refractivity contribution < 1.29 is 18.7 Å². The van der Waals surface area contributed by atoms with Crippen LogP contribution in [0.15, 0.2) is 71.3 Å². The van der Waals surface area contributed by atoms with Gasteiger partial charge in [-0.2, -0.15) is 0 Å². The maximum Gasteiger partial charge on any atom is 0.321 e. The molecule has 1 aromatic heterocycles. The zero-order chi connectivity index (χ0) is 19.8. The number of ether oxygens (including phenoxy) is 2. The Kier molecular flexibility index (Phi) is 6.70. The lowest BCUT2D eigenvalue weighted by molar-refractivity contribution is 0.0930. The van der Waals surface area contributed by atoms with Crippen molar-refractivity contribution in [1.82, 2.24) is 4.90 Å². The SMILES string of the molecule is COc1ccc(CN(C)C(=O)Nc2cccc(COCc3ccco3)c2)cc1. The highest BCUT2D eigenvalue weighted by molar-refractivity contribution is 5.89. The highest BCUT2D eigenvalue weighted by atomic mass is 16.5. The summed E-state index contributed by atoms with van der Waals surface area (Å²) in [6.45, 7) is 1.35. The molecular weight excluding hydrogens is 356 g/mol. The highest BCUT2D eigenvalue weighted by Crippen LogP contribution is 2.15. The Labute approximate surface area is 164 Å². The molecule has 0 unspecified atom stereocenters. The van der Waals surface area contributed by atoms with Crippen LogP contribution >= 0.6 is 0 Å². The normalized spacial score (nSPS) is 10.5. The molecular formula is C22H24N2O4. The van der Waals surface area contributed by atoms with Gasteiger partial charge in [0, 0.05) is 19.3 Å². The summed E-state index contributed by atoms with van der Waals surface area (Å²) in [5, 5.41) is 2.92. The topological polar surface area (TPSA) is 63.9 Å². The maximum atomic E-state index is 12.5. The Balaban J connectivity index is 1.51. The van der Waals surface area contributed by atoms with Crippen LogP contribution in [0.2, 0.25) is 0 Å². The van der Waals surface area contributed by atoms with E-state index in [9.17, 15) is 4.79 Å². The average molecular weight is 380 g/mol. The third-order valence-corrected chi connectivity index (χ3v) is 4.20. The summed E-state index contributed by atoms with van der Waals surface area (Å²) in [4.78, 5) is 14.1. The summed E-state index contributed by atoms with van der Waals surface area (Å²) in [5.41, 5.74) is 2.73. The van der Waals surface area contributed by atoms with Gasteiger partial charge in [0.25, 0.3) is 0 Å². The van der Waals surface area contributed by atoms with E-state index in [4.69, 9.17) is 13.9 Å². The van der Waals surface area contributed by atoms with Gasteiger partial charge >= 0.3 is 6.03 Å². The molecule has 6 heteroatoms. The van der Waals surface area contributed by atoms with Gasteiger partial charge in [-0.3, -0.25) is 0 Å². The first kappa shape index (κ1) is 19.5. The van der Waals surface area contributed by atoms with Crippen LogP contribution in [0.25, 0.3) is 0 Å². The Morgan fingerprint density at radius 1 is 1.04 bits per heavy atom. The summed E-state index contributed by atoms with van der Waals surface area (Å²) in [7, 11) is 3.39. The van der Waals surface area contributed by atoms with E-state index in [0.29, 0.717) is 19.8 Å². The zero-order valence-electron chi connectivity index (χ0n) is 16.1. The van der Waals surface area contributed by atoms with Gasteiger partial charge in [0.1, 0.15) is 18.1 Å². The minimum atomic E-state index is -0.176. The van der Waals surface area contributed by atoms with E-state index < -0.39 is 0 Å².